The lowest BCUT2D eigenvalue weighted by atomic mass is 10.5. The molecule has 0 saturated carbocycles. The maximum Gasteiger partial charge on any atom is 0.159 e. The van der Waals surface area contributed by atoms with Gasteiger partial charge in [-0.15, -0.1) is 21.8 Å². The minimum atomic E-state index is 0.328. The molecule has 6 nitrogen and oxygen atoms in total. The molecule has 1 heterocycles. The van der Waals surface area contributed by atoms with Crippen molar-refractivity contribution in [3.63, 3.8) is 0 Å². The Balaban J connectivity index is 2.53. The average molecular weight is 264 g/mol. The van der Waals surface area contributed by atoms with Crippen molar-refractivity contribution in [2.24, 2.45) is 0 Å². The molecule has 1 rings (SSSR count). The van der Waals surface area contributed by atoms with E-state index in [9.17, 15) is 0 Å². The third-order valence-corrected chi connectivity index (χ3v) is 2.44. The van der Waals surface area contributed by atoms with Gasteiger partial charge in [0, 0.05) is 20.8 Å². The number of rotatable bonds is 9. The largest absolute Gasteiger partial charge is 0.383 e. The van der Waals surface area contributed by atoms with E-state index in [2.05, 4.69) is 10.2 Å². The Labute approximate surface area is 106 Å². The van der Waals surface area contributed by atoms with Crippen LogP contribution in [0.2, 0.25) is 0 Å². The molecule has 0 radical (unpaired) electrons. The van der Waals surface area contributed by atoms with Crippen molar-refractivity contribution in [3.8, 4) is 0 Å². The fraction of sp³-hybridized carbons (Fsp3) is 0.800. The van der Waals surface area contributed by atoms with Crippen LogP contribution in [0.4, 0.5) is 0 Å². The van der Waals surface area contributed by atoms with Gasteiger partial charge < -0.3 is 18.8 Å². The summed E-state index contributed by atoms with van der Waals surface area (Å²) in [7, 11) is 3.29. The first kappa shape index (κ1) is 14.4. The van der Waals surface area contributed by atoms with Crippen molar-refractivity contribution in [1.82, 2.24) is 14.8 Å². The summed E-state index contributed by atoms with van der Waals surface area (Å²) in [6.07, 6.45) is 0. The van der Waals surface area contributed by atoms with E-state index in [0.29, 0.717) is 38.9 Å². The summed E-state index contributed by atoms with van der Waals surface area (Å²) in [5.41, 5.74) is 0. The van der Waals surface area contributed by atoms with Crippen LogP contribution in [0.5, 0.6) is 0 Å². The Morgan fingerprint density at radius 3 is 2.41 bits per heavy atom. The molecule has 0 amide bonds. The van der Waals surface area contributed by atoms with Gasteiger partial charge in [-0.3, -0.25) is 0 Å². The number of aromatic nitrogens is 3. The fourth-order valence-corrected chi connectivity index (χ4v) is 1.52. The number of hydrogen-bond acceptors (Lipinski definition) is 5. The summed E-state index contributed by atoms with van der Waals surface area (Å²) >= 11 is 5.78. The Morgan fingerprint density at radius 2 is 1.76 bits per heavy atom. The van der Waals surface area contributed by atoms with Crippen LogP contribution >= 0.6 is 11.6 Å². The highest BCUT2D eigenvalue weighted by Gasteiger charge is 2.10. The molecule has 1 aromatic rings. The second-order valence-electron chi connectivity index (χ2n) is 3.36. The highest BCUT2D eigenvalue weighted by atomic mass is 35.5. The van der Waals surface area contributed by atoms with Crippen LogP contribution in [0.1, 0.15) is 11.6 Å². The van der Waals surface area contributed by atoms with E-state index in [1.807, 2.05) is 4.57 Å². The van der Waals surface area contributed by atoms with Gasteiger partial charge in [-0.1, -0.05) is 0 Å². The van der Waals surface area contributed by atoms with Gasteiger partial charge in [-0.2, -0.15) is 0 Å². The lowest BCUT2D eigenvalue weighted by Crippen LogP contribution is -2.13. The maximum absolute atomic E-state index is 5.78. The number of nitrogens with zero attached hydrogens (tertiary/aromatic N) is 3. The fourth-order valence-electron chi connectivity index (χ4n) is 1.32. The third-order valence-electron chi connectivity index (χ3n) is 2.21. The molecular weight excluding hydrogens is 246 g/mol. The van der Waals surface area contributed by atoms with Gasteiger partial charge in [0.15, 0.2) is 5.82 Å². The smallest absolute Gasteiger partial charge is 0.159 e. The minimum Gasteiger partial charge on any atom is -0.383 e. The van der Waals surface area contributed by atoms with Crippen LogP contribution in [0.3, 0.4) is 0 Å². The lowest BCUT2D eigenvalue weighted by molar-refractivity contribution is 0.0565. The summed E-state index contributed by atoms with van der Waals surface area (Å²) in [6.45, 7) is 2.76. The van der Waals surface area contributed by atoms with Crippen LogP contribution in [-0.2, 0) is 33.2 Å². The molecule has 0 fully saturated rings. The van der Waals surface area contributed by atoms with Gasteiger partial charge in [0.2, 0.25) is 0 Å². The van der Waals surface area contributed by atoms with Crippen molar-refractivity contribution in [2.45, 2.75) is 19.0 Å². The molecule has 0 N–H and O–H groups in total. The second-order valence-corrected chi connectivity index (χ2v) is 3.62. The van der Waals surface area contributed by atoms with Crippen molar-refractivity contribution in [1.29, 1.82) is 0 Å². The van der Waals surface area contributed by atoms with Crippen LogP contribution in [0, 0.1) is 0 Å². The molecule has 0 aliphatic carbocycles. The van der Waals surface area contributed by atoms with Gasteiger partial charge in [-0.25, -0.2) is 0 Å². The average Bonchev–Trinajstić information content (AvgIpc) is 2.74. The third kappa shape index (κ3) is 4.59. The monoisotopic (exact) mass is 263 g/mol. The number of halogens is 1. The molecule has 0 aliphatic heterocycles. The van der Waals surface area contributed by atoms with Crippen molar-refractivity contribution < 1.29 is 14.2 Å². The summed E-state index contributed by atoms with van der Waals surface area (Å²) < 4.78 is 17.3. The highest BCUT2D eigenvalue weighted by molar-refractivity contribution is 6.16. The van der Waals surface area contributed by atoms with E-state index >= 15 is 0 Å². The number of alkyl halides is 1. The zero-order valence-corrected chi connectivity index (χ0v) is 10.9. The maximum atomic E-state index is 5.78. The normalized spacial score (nSPS) is 11.0. The molecule has 0 aliphatic rings. The topological polar surface area (TPSA) is 58.4 Å². The van der Waals surface area contributed by atoms with E-state index < -0.39 is 0 Å². The predicted octanol–water partition coefficient (Wildman–Crippen LogP) is 0.826. The lowest BCUT2D eigenvalue weighted by Gasteiger charge is -2.08. The zero-order chi connectivity index (χ0) is 12.5. The van der Waals surface area contributed by atoms with Crippen LogP contribution in [0.25, 0.3) is 0 Å². The second kappa shape index (κ2) is 8.41. The van der Waals surface area contributed by atoms with Crippen LogP contribution in [-0.4, -0.2) is 48.8 Å². The molecule has 0 saturated heterocycles. The molecule has 0 bridgehead atoms. The van der Waals surface area contributed by atoms with Crippen molar-refractivity contribution >= 4 is 11.6 Å². The number of methoxy groups -OCH3 is 2. The van der Waals surface area contributed by atoms with E-state index in [4.69, 9.17) is 25.8 Å². The number of ether oxygens (including phenoxy) is 3. The van der Waals surface area contributed by atoms with Gasteiger partial charge in [-0.05, 0) is 0 Å². The van der Waals surface area contributed by atoms with Gasteiger partial charge in [0.1, 0.15) is 12.4 Å². The standard InChI is InChI=1S/C10H18ClN3O3/c1-15-4-3-14-9(7-11)12-13-10(14)8-17-6-5-16-2/h3-8H2,1-2H3. The highest BCUT2D eigenvalue weighted by Crippen LogP contribution is 2.06. The van der Waals surface area contributed by atoms with E-state index in [-0.39, 0.29) is 0 Å². The van der Waals surface area contributed by atoms with Crippen molar-refractivity contribution in [3.05, 3.63) is 11.6 Å². The molecule has 0 atom stereocenters. The molecule has 0 spiro atoms. The minimum absolute atomic E-state index is 0.328. The van der Waals surface area contributed by atoms with Crippen LogP contribution < -0.4 is 0 Å². The Kier molecular flexibility index (Phi) is 7.11. The van der Waals surface area contributed by atoms with Gasteiger partial charge in [0.25, 0.3) is 0 Å². The zero-order valence-electron chi connectivity index (χ0n) is 10.2. The first-order chi connectivity index (χ1) is 8.33. The molecule has 1 aromatic heterocycles. The van der Waals surface area contributed by atoms with Crippen molar-refractivity contribution in [2.75, 3.05) is 34.0 Å². The van der Waals surface area contributed by atoms with Gasteiger partial charge >= 0.3 is 0 Å². The summed E-state index contributed by atoms with van der Waals surface area (Å²) in [4.78, 5) is 0. The molecule has 17 heavy (non-hydrogen) atoms. The summed E-state index contributed by atoms with van der Waals surface area (Å²) in [5, 5.41) is 8.05. The predicted molar refractivity (Wildman–Crippen MR) is 63.0 cm³/mol. The molecule has 7 heteroatoms. The molecule has 98 valence electrons. The summed E-state index contributed by atoms with van der Waals surface area (Å²) in [5.74, 6) is 1.82. The SMILES string of the molecule is COCCOCc1nnc(CCl)n1CCOC. The van der Waals surface area contributed by atoms with Gasteiger partial charge in [0.05, 0.1) is 25.7 Å². The molecule has 0 aromatic carbocycles. The molecular formula is C10H18ClN3O3. The van der Waals surface area contributed by atoms with Crippen LogP contribution in [0.15, 0.2) is 0 Å². The van der Waals surface area contributed by atoms with E-state index in [1.165, 1.54) is 0 Å². The molecule has 0 unspecified atom stereocenters. The number of hydrogen-bond donors (Lipinski definition) is 0. The summed E-state index contributed by atoms with van der Waals surface area (Å²) in [6, 6.07) is 0. The Hall–Kier alpha value is -0.690. The van der Waals surface area contributed by atoms with E-state index in [1.54, 1.807) is 14.2 Å². The first-order valence-corrected chi connectivity index (χ1v) is 5.89. The first-order valence-electron chi connectivity index (χ1n) is 5.36. The Morgan fingerprint density at radius 1 is 1.06 bits per heavy atom. The van der Waals surface area contributed by atoms with E-state index in [0.717, 1.165) is 11.6 Å². The Bertz CT molecular complexity index is 320. The quantitative estimate of drug-likeness (QED) is 0.488.